The smallest absolute Gasteiger partial charge is 0.128 e. The summed E-state index contributed by atoms with van der Waals surface area (Å²) in [4.78, 5) is 6.74. The maximum absolute atomic E-state index is 6.03. The number of rotatable bonds is 5. The van der Waals surface area contributed by atoms with E-state index >= 15 is 0 Å². The number of nitrogens with one attached hydrogen (secondary N) is 1. The summed E-state index contributed by atoms with van der Waals surface area (Å²) in [6.07, 6.45) is 1.68. The molecule has 3 rings (SSSR count). The molecule has 0 radical (unpaired) electrons. The predicted octanol–water partition coefficient (Wildman–Crippen LogP) is 2.52. The minimum atomic E-state index is 0.651. The molecule has 118 valence electrons. The van der Waals surface area contributed by atoms with E-state index in [0.29, 0.717) is 11.7 Å². The lowest BCUT2D eigenvalue weighted by Gasteiger charge is -2.27. The SMILES string of the molecule is Cn1c(Cl)cnc1CNc1ccccc1CN1CCOCC1. The molecule has 0 atom stereocenters. The van der Waals surface area contributed by atoms with Crippen molar-refractivity contribution in [2.75, 3.05) is 31.6 Å². The highest BCUT2D eigenvalue weighted by Gasteiger charge is 2.13. The molecule has 6 heteroatoms. The molecule has 1 aromatic carbocycles. The fraction of sp³-hybridized carbons (Fsp3) is 0.438. The van der Waals surface area contributed by atoms with Gasteiger partial charge in [-0.3, -0.25) is 4.90 Å². The van der Waals surface area contributed by atoms with Gasteiger partial charge in [0.05, 0.1) is 26.0 Å². The number of morpholine rings is 1. The highest BCUT2D eigenvalue weighted by Crippen LogP contribution is 2.19. The van der Waals surface area contributed by atoms with Crippen LogP contribution in [0.15, 0.2) is 30.5 Å². The first-order chi connectivity index (χ1) is 10.7. The standard InChI is InChI=1S/C16H21ClN4O/c1-20-15(17)10-19-16(20)11-18-14-5-3-2-4-13(14)12-21-6-8-22-9-7-21/h2-5,10,18H,6-9,11-12H2,1H3. The lowest BCUT2D eigenvalue weighted by Crippen LogP contribution is -2.35. The van der Waals surface area contributed by atoms with Crippen molar-refractivity contribution >= 4 is 17.3 Å². The van der Waals surface area contributed by atoms with Crippen molar-refractivity contribution < 1.29 is 4.74 Å². The van der Waals surface area contributed by atoms with Gasteiger partial charge in [0.25, 0.3) is 0 Å². The molecule has 0 spiro atoms. The summed E-state index contributed by atoms with van der Waals surface area (Å²) in [6.45, 7) is 5.21. The van der Waals surface area contributed by atoms with E-state index in [1.807, 2.05) is 11.6 Å². The first-order valence-electron chi connectivity index (χ1n) is 7.52. The van der Waals surface area contributed by atoms with Gasteiger partial charge >= 0.3 is 0 Å². The van der Waals surface area contributed by atoms with Gasteiger partial charge in [-0.15, -0.1) is 0 Å². The summed E-state index contributed by atoms with van der Waals surface area (Å²) >= 11 is 6.03. The number of hydrogen-bond acceptors (Lipinski definition) is 4. The number of para-hydroxylation sites is 1. The quantitative estimate of drug-likeness (QED) is 0.919. The molecule has 2 heterocycles. The van der Waals surface area contributed by atoms with Gasteiger partial charge in [-0.25, -0.2) is 4.98 Å². The summed E-state index contributed by atoms with van der Waals surface area (Å²) in [7, 11) is 1.92. The van der Waals surface area contributed by atoms with Crippen molar-refractivity contribution in [3.05, 3.63) is 47.0 Å². The molecule has 0 amide bonds. The van der Waals surface area contributed by atoms with Gasteiger partial charge < -0.3 is 14.6 Å². The number of halogens is 1. The number of anilines is 1. The number of hydrogen-bond donors (Lipinski definition) is 1. The maximum Gasteiger partial charge on any atom is 0.128 e. The average Bonchev–Trinajstić information content (AvgIpc) is 2.87. The van der Waals surface area contributed by atoms with Crippen LogP contribution < -0.4 is 5.32 Å². The van der Waals surface area contributed by atoms with Gasteiger partial charge in [0, 0.05) is 32.4 Å². The monoisotopic (exact) mass is 320 g/mol. The zero-order valence-electron chi connectivity index (χ0n) is 12.8. The number of nitrogens with zero attached hydrogens (tertiary/aromatic N) is 3. The van der Waals surface area contributed by atoms with Crippen LogP contribution in [0.5, 0.6) is 0 Å². The first kappa shape index (κ1) is 15.3. The third-order valence-corrected chi connectivity index (χ3v) is 4.33. The lowest BCUT2D eigenvalue weighted by atomic mass is 10.1. The van der Waals surface area contributed by atoms with Crippen molar-refractivity contribution in [3.8, 4) is 0 Å². The Bertz CT molecular complexity index is 622. The minimum Gasteiger partial charge on any atom is -0.379 e. The first-order valence-corrected chi connectivity index (χ1v) is 7.90. The molecular weight excluding hydrogens is 300 g/mol. The third-order valence-electron chi connectivity index (χ3n) is 3.98. The van der Waals surface area contributed by atoms with Crippen molar-refractivity contribution in [1.29, 1.82) is 0 Å². The topological polar surface area (TPSA) is 42.3 Å². The van der Waals surface area contributed by atoms with E-state index in [2.05, 4.69) is 39.5 Å². The van der Waals surface area contributed by atoms with Crippen LogP contribution >= 0.6 is 11.6 Å². The minimum absolute atomic E-state index is 0.651. The molecule has 0 unspecified atom stereocenters. The van der Waals surface area contributed by atoms with Gasteiger partial charge in [0.1, 0.15) is 11.0 Å². The van der Waals surface area contributed by atoms with Crippen molar-refractivity contribution in [1.82, 2.24) is 14.5 Å². The molecule has 2 aromatic rings. The lowest BCUT2D eigenvalue weighted by molar-refractivity contribution is 0.0342. The molecule has 0 bridgehead atoms. The molecule has 5 nitrogen and oxygen atoms in total. The molecular formula is C16H21ClN4O. The van der Waals surface area contributed by atoms with Gasteiger partial charge in [0.2, 0.25) is 0 Å². The maximum atomic E-state index is 6.03. The molecule has 1 aliphatic heterocycles. The second kappa shape index (κ2) is 7.13. The van der Waals surface area contributed by atoms with Gasteiger partial charge in [-0.1, -0.05) is 29.8 Å². The normalized spacial score (nSPS) is 15.9. The molecule has 1 aromatic heterocycles. The van der Waals surface area contributed by atoms with Gasteiger partial charge in [0.15, 0.2) is 0 Å². The predicted molar refractivity (Wildman–Crippen MR) is 88.1 cm³/mol. The molecule has 1 aliphatic rings. The van der Waals surface area contributed by atoms with Crippen LogP contribution in [-0.4, -0.2) is 40.8 Å². The van der Waals surface area contributed by atoms with Crippen LogP contribution in [0, 0.1) is 0 Å². The second-order valence-corrected chi connectivity index (χ2v) is 5.84. The van der Waals surface area contributed by atoms with Gasteiger partial charge in [-0.2, -0.15) is 0 Å². The summed E-state index contributed by atoms with van der Waals surface area (Å²) in [5.41, 5.74) is 2.44. The number of benzene rings is 1. The fourth-order valence-corrected chi connectivity index (χ4v) is 2.74. The van der Waals surface area contributed by atoms with Crippen LogP contribution in [0.4, 0.5) is 5.69 Å². The largest absolute Gasteiger partial charge is 0.379 e. The van der Waals surface area contributed by atoms with E-state index in [-0.39, 0.29) is 0 Å². The Labute approximate surface area is 135 Å². The van der Waals surface area contributed by atoms with Crippen LogP contribution in [-0.2, 0) is 24.9 Å². The summed E-state index contributed by atoms with van der Waals surface area (Å²) in [5, 5.41) is 4.12. The zero-order valence-corrected chi connectivity index (χ0v) is 13.5. The van der Waals surface area contributed by atoms with E-state index in [1.165, 1.54) is 5.56 Å². The van der Waals surface area contributed by atoms with E-state index in [9.17, 15) is 0 Å². The Kier molecular flexibility index (Phi) is 4.97. The third kappa shape index (κ3) is 3.61. The van der Waals surface area contributed by atoms with E-state index in [1.54, 1.807) is 6.20 Å². The molecule has 1 N–H and O–H groups in total. The van der Waals surface area contributed by atoms with Crippen molar-refractivity contribution in [2.24, 2.45) is 7.05 Å². The summed E-state index contributed by atoms with van der Waals surface area (Å²) in [6, 6.07) is 8.42. The highest BCUT2D eigenvalue weighted by atomic mass is 35.5. The Morgan fingerprint density at radius 1 is 1.27 bits per heavy atom. The van der Waals surface area contributed by atoms with Crippen LogP contribution in [0.2, 0.25) is 5.15 Å². The molecule has 1 saturated heterocycles. The number of imidazole rings is 1. The number of ether oxygens (including phenoxy) is 1. The van der Waals surface area contributed by atoms with Gasteiger partial charge in [-0.05, 0) is 11.6 Å². The van der Waals surface area contributed by atoms with Crippen LogP contribution in [0.25, 0.3) is 0 Å². The zero-order chi connectivity index (χ0) is 15.4. The summed E-state index contributed by atoms with van der Waals surface area (Å²) < 4.78 is 7.30. The summed E-state index contributed by atoms with van der Waals surface area (Å²) in [5.74, 6) is 0.922. The average molecular weight is 321 g/mol. The highest BCUT2D eigenvalue weighted by molar-refractivity contribution is 6.29. The van der Waals surface area contributed by atoms with Crippen molar-refractivity contribution in [2.45, 2.75) is 13.1 Å². The fourth-order valence-electron chi connectivity index (χ4n) is 2.59. The Hall–Kier alpha value is -1.56. The Balaban J connectivity index is 1.66. The van der Waals surface area contributed by atoms with Crippen LogP contribution in [0.1, 0.15) is 11.4 Å². The van der Waals surface area contributed by atoms with Crippen LogP contribution in [0.3, 0.4) is 0 Å². The van der Waals surface area contributed by atoms with E-state index in [4.69, 9.17) is 16.3 Å². The number of aromatic nitrogens is 2. The molecule has 22 heavy (non-hydrogen) atoms. The second-order valence-electron chi connectivity index (χ2n) is 5.46. The molecule has 1 fully saturated rings. The Morgan fingerprint density at radius 3 is 2.77 bits per heavy atom. The van der Waals surface area contributed by atoms with E-state index in [0.717, 1.165) is 44.4 Å². The molecule has 0 saturated carbocycles. The van der Waals surface area contributed by atoms with E-state index < -0.39 is 0 Å². The van der Waals surface area contributed by atoms with Crippen molar-refractivity contribution in [3.63, 3.8) is 0 Å². The molecule has 0 aliphatic carbocycles. The Morgan fingerprint density at radius 2 is 2.05 bits per heavy atom.